The van der Waals surface area contributed by atoms with Crippen LogP contribution in [0.15, 0.2) is 17.0 Å². The van der Waals surface area contributed by atoms with Gasteiger partial charge in [0.15, 0.2) is 5.69 Å². The minimum atomic E-state index is -4.28. The second-order valence-electron chi connectivity index (χ2n) is 2.97. The fraction of sp³-hybridized carbons (Fsp3) is 0. The standard InChI is InChI=1S/C6H5ClN4O6S/c7-9-18(16,17)3-1-4(10(12)13)6(8)5(2-3)11(14)15/h1-2,9H,8H2. The van der Waals surface area contributed by atoms with Crippen LogP contribution in [-0.2, 0) is 10.0 Å². The molecule has 12 heteroatoms. The lowest BCUT2D eigenvalue weighted by atomic mass is 10.2. The molecule has 0 aliphatic carbocycles. The largest absolute Gasteiger partial charge is 0.387 e. The number of nitrogens with two attached hydrogens (primary N) is 1. The molecule has 0 unspecified atom stereocenters. The van der Waals surface area contributed by atoms with Gasteiger partial charge in [0.05, 0.1) is 14.7 Å². The molecule has 0 aromatic heterocycles. The van der Waals surface area contributed by atoms with Crippen molar-refractivity contribution in [2.45, 2.75) is 4.90 Å². The van der Waals surface area contributed by atoms with Crippen molar-refractivity contribution in [3.8, 4) is 0 Å². The number of hydrogen-bond acceptors (Lipinski definition) is 7. The Morgan fingerprint density at radius 1 is 1.17 bits per heavy atom. The highest BCUT2D eigenvalue weighted by Gasteiger charge is 2.28. The minimum absolute atomic E-state index is 0.576. The zero-order valence-corrected chi connectivity index (χ0v) is 9.93. The monoisotopic (exact) mass is 296 g/mol. The molecule has 0 aliphatic rings. The summed E-state index contributed by atoms with van der Waals surface area (Å²) in [6, 6.07) is 1.15. The second kappa shape index (κ2) is 4.72. The first-order valence-electron chi connectivity index (χ1n) is 4.05. The molecule has 0 bridgehead atoms. The first kappa shape index (κ1) is 14.1. The smallest absolute Gasteiger partial charge is 0.300 e. The molecule has 0 fully saturated rings. The number of sulfonamides is 1. The zero-order valence-electron chi connectivity index (χ0n) is 8.36. The number of hydrogen-bond donors (Lipinski definition) is 2. The average molecular weight is 297 g/mol. The summed E-state index contributed by atoms with van der Waals surface area (Å²) in [4.78, 5) is 18.4. The third-order valence-electron chi connectivity index (χ3n) is 1.92. The molecule has 10 nitrogen and oxygen atoms in total. The lowest BCUT2D eigenvalue weighted by Crippen LogP contribution is -2.14. The van der Waals surface area contributed by atoms with Crippen molar-refractivity contribution in [1.29, 1.82) is 0 Å². The molecule has 1 aromatic carbocycles. The predicted octanol–water partition coefficient (Wildman–Crippen LogP) is 0.517. The van der Waals surface area contributed by atoms with Crippen LogP contribution < -0.4 is 9.97 Å². The first-order valence-corrected chi connectivity index (χ1v) is 5.91. The van der Waals surface area contributed by atoms with Gasteiger partial charge < -0.3 is 5.73 Å². The number of benzene rings is 1. The average Bonchev–Trinajstić information content (AvgIpc) is 2.28. The van der Waals surface area contributed by atoms with Crippen LogP contribution in [0.4, 0.5) is 17.1 Å². The molecule has 0 saturated heterocycles. The molecule has 3 N–H and O–H groups in total. The normalized spacial score (nSPS) is 11.2. The number of nitro groups is 2. The van der Waals surface area contributed by atoms with Gasteiger partial charge in [0.1, 0.15) is 0 Å². The van der Waals surface area contributed by atoms with Crippen LogP contribution in [0.3, 0.4) is 0 Å². The topological polar surface area (TPSA) is 158 Å². The Morgan fingerprint density at radius 3 is 1.83 bits per heavy atom. The van der Waals surface area contributed by atoms with E-state index < -0.39 is 41.8 Å². The van der Waals surface area contributed by atoms with E-state index in [9.17, 15) is 28.6 Å². The Labute approximate surface area is 105 Å². The van der Waals surface area contributed by atoms with E-state index >= 15 is 0 Å². The van der Waals surface area contributed by atoms with Crippen LogP contribution in [0, 0.1) is 20.2 Å². The summed E-state index contributed by atoms with van der Waals surface area (Å²) in [6.07, 6.45) is 0. The lowest BCUT2D eigenvalue weighted by Gasteiger charge is -2.03. The quantitative estimate of drug-likeness (QED) is 0.354. The van der Waals surface area contributed by atoms with Crippen molar-refractivity contribution in [1.82, 2.24) is 4.24 Å². The number of rotatable bonds is 4. The van der Waals surface area contributed by atoms with Gasteiger partial charge in [0, 0.05) is 12.1 Å². The third-order valence-corrected chi connectivity index (χ3v) is 3.58. The predicted molar refractivity (Wildman–Crippen MR) is 60.3 cm³/mol. The summed E-state index contributed by atoms with van der Waals surface area (Å²) >= 11 is 4.92. The van der Waals surface area contributed by atoms with Gasteiger partial charge in [-0.3, -0.25) is 20.2 Å². The molecule has 0 atom stereocenters. The number of nitrogens with zero attached hydrogens (tertiary/aromatic N) is 2. The Bertz CT molecular complexity index is 594. The fourth-order valence-electron chi connectivity index (χ4n) is 1.10. The molecule has 18 heavy (non-hydrogen) atoms. The zero-order chi connectivity index (χ0) is 14.1. The van der Waals surface area contributed by atoms with E-state index in [0.29, 0.717) is 12.1 Å². The molecule has 1 aromatic rings. The van der Waals surface area contributed by atoms with Crippen molar-refractivity contribution in [2.75, 3.05) is 5.73 Å². The summed E-state index contributed by atoms with van der Waals surface area (Å²) in [5.74, 6) is 0. The maximum atomic E-state index is 11.3. The number of nitro benzene ring substituents is 2. The van der Waals surface area contributed by atoms with Crippen molar-refractivity contribution >= 4 is 38.9 Å². The number of nitrogen functional groups attached to an aromatic ring is 1. The van der Waals surface area contributed by atoms with E-state index in [4.69, 9.17) is 17.5 Å². The van der Waals surface area contributed by atoms with Gasteiger partial charge >= 0.3 is 11.4 Å². The molecule has 98 valence electrons. The van der Waals surface area contributed by atoms with E-state index in [0.717, 1.165) is 0 Å². The number of nitrogens with one attached hydrogen (secondary N) is 1. The van der Waals surface area contributed by atoms with E-state index in [1.807, 2.05) is 0 Å². The van der Waals surface area contributed by atoms with Crippen molar-refractivity contribution in [3.63, 3.8) is 0 Å². The maximum Gasteiger partial charge on any atom is 0.300 e. The maximum absolute atomic E-state index is 11.3. The highest BCUT2D eigenvalue weighted by atomic mass is 35.5. The minimum Gasteiger partial charge on any atom is -0.387 e. The van der Waals surface area contributed by atoms with Crippen LogP contribution >= 0.6 is 11.8 Å². The Morgan fingerprint density at radius 2 is 1.56 bits per heavy atom. The molecular weight excluding hydrogens is 292 g/mol. The summed E-state index contributed by atoms with van der Waals surface area (Å²) in [7, 11) is -4.28. The summed E-state index contributed by atoms with van der Waals surface area (Å²) in [5.41, 5.74) is 2.68. The van der Waals surface area contributed by atoms with E-state index in [-0.39, 0.29) is 0 Å². The highest BCUT2D eigenvalue weighted by molar-refractivity contribution is 7.90. The van der Waals surface area contributed by atoms with E-state index in [1.54, 1.807) is 0 Å². The van der Waals surface area contributed by atoms with Gasteiger partial charge in [0.25, 0.3) is 10.0 Å². The molecule has 0 heterocycles. The Kier molecular flexibility index (Phi) is 3.69. The van der Waals surface area contributed by atoms with Crippen molar-refractivity contribution in [3.05, 3.63) is 32.4 Å². The Balaban J connectivity index is 3.69. The molecule has 0 aliphatic heterocycles. The van der Waals surface area contributed by atoms with Crippen LogP contribution in [0.1, 0.15) is 0 Å². The van der Waals surface area contributed by atoms with Crippen molar-refractivity contribution in [2.24, 2.45) is 0 Å². The summed E-state index contributed by atoms with van der Waals surface area (Å²) in [6.45, 7) is 0. The molecule has 0 radical (unpaired) electrons. The van der Waals surface area contributed by atoms with Crippen LogP contribution in [-0.4, -0.2) is 18.3 Å². The highest BCUT2D eigenvalue weighted by Crippen LogP contribution is 2.34. The van der Waals surface area contributed by atoms with Crippen LogP contribution in [0.2, 0.25) is 0 Å². The van der Waals surface area contributed by atoms with Crippen molar-refractivity contribution < 1.29 is 18.3 Å². The van der Waals surface area contributed by atoms with Gasteiger partial charge in [-0.1, -0.05) is 0 Å². The summed E-state index contributed by atoms with van der Waals surface area (Å²) in [5, 5.41) is 21.2. The number of anilines is 1. The third kappa shape index (κ3) is 2.47. The van der Waals surface area contributed by atoms with Gasteiger partial charge in [-0.05, 0) is 11.8 Å². The molecule has 0 amide bonds. The van der Waals surface area contributed by atoms with Gasteiger partial charge in [-0.2, -0.15) is 0 Å². The van der Waals surface area contributed by atoms with Crippen LogP contribution in [0.25, 0.3) is 0 Å². The SMILES string of the molecule is Nc1c([N+](=O)[O-])cc(S(=O)(=O)NCl)cc1[N+](=O)[O-]. The summed E-state index contributed by atoms with van der Waals surface area (Å²) < 4.78 is 24.0. The van der Waals surface area contributed by atoms with E-state index in [1.165, 1.54) is 4.24 Å². The molecular formula is C6H5ClN4O6S. The molecule has 0 saturated carbocycles. The van der Waals surface area contributed by atoms with E-state index in [2.05, 4.69) is 0 Å². The van der Waals surface area contributed by atoms with Gasteiger partial charge in [-0.15, -0.1) is 4.24 Å². The number of halogens is 1. The van der Waals surface area contributed by atoms with Gasteiger partial charge in [0.2, 0.25) is 0 Å². The first-order chi connectivity index (χ1) is 8.20. The molecule has 0 spiro atoms. The lowest BCUT2D eigenvalue weighted by molar-refractivity contribution is -0.392. The van der Waals surface area contributed by atoms with Crippen LogP contribution in [0.5, 0.6) is 0 Å². The fourth-order valence-corrected chi connectivity index (χ4v) is 1.99. The second-order valence-corrected chi connectivity index (χ2v) is 5.07. The Hall–Kier alpha value is -1.98. The van der Waals surface area contributed by atoms with Gasteiger partial charge in [-0.25, -0.2) is 8.42 Å². The molecule has 1 rings (SSSR count).